The first-order valence-corrected chi connectivity index (χ1v) is 5.04. The highest BCUT2D eigenvalue weighted by Crippen LogP contribution is 2.36. The van der Waals surface area contributed by atoms with Crippen LogP contribution in [0.2, 0.25) is 5.02 Å². The number of hydrogen-bond donors (Lipinski definition) is 0. The third-order valence-electron chi connectivity index (χ3n) is 2.03. The van der Waals surface area contributed by atoms with Crippen molar-refractivity contribution in [3.63, 3.8) is 0 Å². The van der Waals surface area contributed by atoms with Gasteiger partial charge in [0.2, 0.25) is 0 Å². The highest BCUT2D eigenvalue weighted by atomic mass is 35.5. The van der Waals surface area contributed by atoms with E-state index >= 15 is 0 Å². The second kappa shape index (κ2) is 2.75. The van der Waals surface area contributed by atoms with E-state index in [2.05, 4.69) is 32.0 Å². The van der Waals surface area contributed by atoms with Crippen LogP contribution in [0.15, 0.2) is 18.2 Å². The maximum atomic E-state index is 6.16. The summed E-state index contributed by atoms with van der Waals surface area (Å²) in [7, 11) is 0. The third-order valence-corrected chi connectivity index (χ3v) is 3.68. The van der Waals surface area contributed by atoms with Crippen molar-refractivity contribution >= 4 is 33.0 Å². The van der Waals surface area contributed by atoms with Crippen molar-refractivity contribution in [2.45, 2.75) is 13.8 Å². The predicted octanol–water partition coefficient (Wildman–Crippen LogP) is 4.17. The second-order valence-electron chi connectivity index (χ2n) is 2.92. The Kier molecular flexibility index (Phi) is 1.85. The molecule has 0 unspecified atom stereocenters. The Bertz CT molecular complexity index is 429. The minimum Gasteiger partial charge on any atom is -0.139 e. The van der Waals surface area contributed by atoms with Gasteiger partial charge in [0.05, 0.1) is 5.02 Å². The van der Waals surface area contributed by atoms with Gasteiger partial charge < -0.3 is 0 Å². The quantitative estimate of drug-likeness (QED) is 0.593. The summed E-state index contributed by atoms with van der Waals surface area (Å²) in [5, 5.41) is 2.15. The first kappa shape index (κ1) is 8.09. The van der Waals surface area contributed by atoms with Crippen LogP contribution in [0.3, 0.4) is 0 Å². The Labute approximate surface area is 80.8 Å². The van der Waals surface area contributed by atoms with Gasteiger partial charge in [-0.25, -0.2) is 0 Å². The van der Waals surface area contributed by atoms with E-state index in [0.29, 0.717) is 0 Å². The molecule has 0 saturated heterocycles. The zero-order chi connectivity index (χ0) is 8.72. The molecule has 0 N–H and O–H groups in total. The lowest BCUT2D eigenvalue weighted by atomic mass is 10.1. The van der Waals surface area contributed by atoms with Crippen molar-refractivity contribution in [3.05, 3.63) is 33.7 Å². The molecule has 1 aromatic heterocycles. The Morgan fingerprint density at radius 3 is 2.67 bits per heavy atom. The van der Waals surface area contributed by atoms with Gasteiger partial charge in [0, 0.05) is 15.0 Å². The predicted molar refractivity (Wildman–Crippen MR) is 56.3 cm³/mol. The Morgan fingerprint density at radius 1 is 1.25 bits per heavy atom. The number of rotatable bonds is 0. The van der Waals surface area contributed by atoms with E-state index in [1.807, 2.05) is 0 Å². The molecule has 1 heterocycles. The first-order valence-electron chi connectivity index (χ1n) is 3.84. The molecule has 0 saturated carbocycles. The van der Waals surface area contributed by atoms with Gasteiger partial charge >= 0.3 is 0 Å². The zero-order valence-electron chi connectivity index (χ0n) is 7.02. The lowest BCUT2D eigenvalue weighted by Crippen LogP contribution is -1.71. The molecule has 0 aliphatic heterocycles. The summed E-state index contributed by atoms with van der Waals surface area (Å²) in [6, 6.07) is 6.29. The molecule has 0 nitrogen and oxygen atoms in total. The summed E-state index contributed by atoms with van der Waals surface area (Å²) in [5.74, 6) is 0. The molecular weight excluding hydrogens is 188 g/mol. The van der Waals surface area contributed by atoms with Gasteiger partial charge in [-0.2, -0.15) is 0 Å². The molecule has 0 aliphatic rings. The van der Waals surface area contributed by atoms with Crippen LogP contribution in [0, 0.1) is 13.8 Å². The Hall–Kier alpha value is -0.530. The smallest absolute Gasteiger partial charge is 0.0623 e. The van der Waals surface area contributed by atoms with Crippen LogP contribution in [-0.2, 0) is 0 Å². The molecule has 0 fully saturated rings. The second-order valence-corrected chi connectivity index (χ2v) is 4.55. The summed E-state index contributed by atoms with van der Waals surface area (Å²) in [6.45, 7) is 4.16. The normalized spacial score (nSPS) is 10.9. The molecule has 0 spiro atoms. The van der Waals surface area contributed by atoms with Crippen LogP contribution in [-0.4, -0.2) is 0 Å². The fourth-order valence-electron chi connectivity index (χ4n) is 1.39. The number of fused-ring (bicyclic) bond motifs is 1. The first-order chi connectivity index (χ1) is 5.70. The molecule has 0 amide bonds. The molecule has 0 aliphatic carbocycles. The largest absolute Gasteiger partial charge is 0.139 e. The monoisotopic (exact) mass is 196 g/mol. The van der Waals surface area contributed by atoms with Crippen molar-refractivity contribution < 1.29 is 0 Å². The third kappa shape index (κ3) is 1.05. The Balaban J connectivity index is 2.97. The van der Waals surface area contributed by atoms with Crippen LogP contribution < -0.4 is 0 Å². The minimum absolute atomic E-state index is 0.924. The van der Waals surface area contributed by atoms with Crippen LogP contribution in [0.4, 0.5) is 0 Å². The summed E-state index contributed by atoms with van der Waals surface area (Å²) < 4.78 is 1.29. The fraction of sp³-hybridized carbons (Fsp3) is 0.200. The Morgan fingerprint density at radius 2 is 2.00 bits per heavy atom. The summed E-state index contributed by atoms with van der Waals surface area (Å²) in [4.78, 5) is 1.21. The lowest BCUT2D eigenvalue weighted by molar-refractivity contribution is 1.54. The van der Waals surface area contributed by atoms with Crippen LogP contribution >= 0.6 is 22.9 Å². The number of hydrogen-bond acceptors (Lipinski definition) is 1. The van der Waals surface area contributed by atoms with E-state index in [4.69, 9.17) is 11.6 Å². The number of benzene rings is 1. The zero-order valence-corrected chi connectivity index (χ0v) is 8.59. The highest BCUT2D eigenvalue weighted by molar-refractivity contribution is 7.19. The molecule has 1 aromatic carbocycles. The average molecular weight is 197 g/mol. The highest BCUT2D eigenvalue weighted by Gasteiger charge is 2.07. The molecule has 2 heteroatoms. The summed E-state index contributed by atoms with van der Waals surface area (Å²) in [5.41, 5.74) is 1.27. The van der Waals surface area contributed by atoms with Crippen LogP contribution in [0.1, 0.15) is 10.4 Å². The number of aryl methyl sites for hydroxylation is 2. The van der Waals surface area contributed by atoms with E-state index < -0.39 is 0 Å². The maximum Gasteiger partial charge on any atom is 0.0623 e. The number of halogens is 1. The van der Waals surface area contributed by atoms with Crippen molar-refractivity contribution in [1.29, 1.82) is 0 Å². The van der Waals surface area contributed by atoms with Crippen molar-refractivity contribution in [2.75, 3.05) is 0 Å². The van der Waals surface area contributed by atoms with E-state index in [1.165, 1.54) is 20.5 Å². The fourth-order valence-corrected chi connectivity index (χ4v) is 2.85. The summed E-state index contributed by atoms with van der Waals surface area (Å²) >= 11 is 7.92. The van der Waals surface area contributed by atoms with Crippen molar-refractivity contribution in [3.8, 4) is 0 Å². The maximum absolute atomic E-state index is 6.16. The van der Waals surface area contributed by atoms with Gasteiger partial charge in [0.15, 0.2) is 0 Å². The molecule has 0 atom stereocenters. The van der Waals surface area contributed by atoms with Crippen LogP contribution in [0.5, 0.6) is 0 Å². The topological polar surface area (TPSA) is 0 Å². The lowest BCUT2D eigenvalue weighted by Gasteiger charge is -1.94. The number of thiophene rings is 1. The van der Waals surface area contributed by atoms with Crippen molar-refractivity contribution in [2.24, 2.45) is 0 Å². The van der Waals surface area contributed by atoms with Crippen molar-refractivity contribution in [1.82, 2.24) is 0 Å². The summed E-state index contributed by atoms with van der Waals surface area (Å²) in [6.07, 6.45) is 0. The van der Waals surface area contributed by atoms with E-state index in [1.54, 1.807) is 11.3 Å². The van der Waals surface area contributed by atoms with E-state index in [-0.39, 0.29) is 0 Å². The van der Waals surface area contributed by atoms with Gasteiger partial charge in [-0.05, 0) is 25.5 Å². The van der Waals surface area contributed by atoms with E-state index in [9.17, 15) is 0 Å². The average Bonchev–Trinajstić information content (AvgIpc) is 2.29. The standard InChI is InChI=1S/C10H9ClS/c1-6-4-3-5-8-9(6)10(11)7(2)12-8/h3-5H,1-2H3. The molecular formula is C10H9ClS. The molecule has 2 aromatic rings. The van der Waals surface area contributed by atoms with Gasteiger partial charge in [-0.1, -0.05) is 23.7 Å². The van der Waals surface area contributed by atoms with Crippen LogP contribution in [0.25, 0.3) is 10.1 Å². The SMILES string of the molecule is Cc1sc2cccc(C)c2c1Cl. The van der Waals surface area contributed by atoms with Gasteiger partial charge in [-0.3, -0.25) is 0 Å². The molecule has 62 valence electrons. The minimum atomic E-state index is 0.924. The van der Waals surface area contributed by atoms with Gasteiger partial charge in [0.1, 0.15) is 0 Å². The van der Waals surface area contributed by atoms with Gasteiger partial charge in [-0.15, -0.1) is 11.3 Å². The molecule has 0 radical (unpaired) electrons. The molecule has 12 heavy (non-hydrogen) atoms. The van der Waals surface area contributed by atoms with E-state index in [0.717, 1.165) is 5.02 Å². The molecule has 0 bridgehead atoms. The molecule has 2 rings (SSSR count). The van der Waals surface area contributed by atoms with Gasteiger partial charge in [0.25, 0.3) is 0 Å².